The van der Waals surface area contributed by atoms with Crippen molar-refractivity contribution in [1.82, 2.24) is 4.90 Å². The van der Waals surface area contributed by atoms with E-state index in [1.165, 1.54) is 0 Å². The molecule has 1 heterocycles. The van der Waals surface area contributed by atoms with Crippen LogP contribution in [0.4, 0.5) is 0 Å². The normalized spacial score (nSPS) is 26.9. The number of nitrogens with zero attached hydrogens (tertiary/aromatic N) is 4. The van der Waals surface area contributed by atoms with Crippen LogP contribution >= 0.6 is 0 Å². The van der Waals surface area contributed by atoms with E-state index in [4.69, 9.17) is 5.53 Å². The second-order valence-corrected chi connectivity index (χ2v) is 6.22. The van der Waals surface area contributed by atoms with Gasteiger partial charge in [0.1, 0.15) is 0 Å². The van der Waals surface area contributed by atoms with Crippen LogP contribution in [-0.2, 0) is 4.79 Å². The molecule has 122 valence electrons. The summed E-state index contributed by atoms with van der Waals surface area (Å²) in [5.74, 6) is 0.0425. The van der Waals surface area contributed by atoms with Crippen molar-refractivity contribution in [3.63, 3.8) is 0 Å². The number of allylic oxidation sites excluding steroid dienone is 2. The Kier molecular flexibility index (Phi) is 4.54. The smallest absolute Gasteiger partial charge is 0.223 e. The van der Waals surface area contributed by atoms with Gasteiger partial charge in [0.25, 0.3) is 0 Å². The van der Waals surface area contributed by atoms with E-state index in [2.05, 4.69) is 16.6 Å². The summed E-state index contributed by atoms with van der Waals surface area (Å²) >= 11 is 0. The molecule has 0 radical (unpaired) electrons. The highest BCUT2D eigenvalue weighted by atomic mass is 16.2. The number of hydrogen-bond donors (Lipinski definition) is 0. The van der Waals surface area contributed by atoms with E-state index in [1.807, 2.05) is 65.6 Å². The number of hydrogen-bond acceptors (Lipinski definition) is 2. The van der Waals surface area contributed by atoms with Crippen LogP contribution in [0.15, 0.2) is 72.4 Å². The van der Waals surface area contributed by atoms with Gasteiger partial charge in [-0.25, -0.2) is 0 Å². The van der Waals surface area contributed by atoms with Gasteiger partial charge in [0.05, 0.1) is 11.6 Å². The zero-order valence-electron chi connectivity index (χ0n) is 13.5. The van der Waals surface area contributed by atoms with Crippen LogP contribution in [0.3, 0.4) is 0 Å². The summed E-state index contributed by atoms with van der Waals surface area (Å²) < 4.78 is 0. The minimum atomic E-state index is -0.474. The summed E-state index contributed by atoms with van der Waals surface area (Å²) in [7, 11) is 0. The lowest BCUT2D eigenvalue weighted by Crippen LogP contribution is -2.47. The molecule has 1 unspecified atom stereocenters. The van der Waals surface area contributed by atoms with Crippen LogP contribution < -0.4 is 0 Å². The maximum atomic E-state index is 12.7. The summed E-state index contributed by atoms with van der Waals surface area (Å²) in [4.78, 5) is 17.5. The molecule has 1 aliphatic carbocycles. The zero-order valence-corrected chi connectivity index (χ0v) is 13.5. The molecule has 1 fully saturated rings. The predicted octanol–water partition coefficient (Wildman–Crippen LogP) is 4.33. The van der Waals surface area contributed by atoms with Gasteiger partial charge in [0.2, 0.25) is 5.91 Å². The molecule has 24 heavy (non-hydrogen) atoms. The van der Waals surface area contributed by atoms with E-state index in [0.717, 1.165) is 12.0 Å². The van der Waals surface area contributed by atoms with Gasteiger partial charge in [-0.3, -0.25) is 4.79 Å². The summed E-state index contributed by atoms with van der Waals surface area (Å²) in [6.45, 7) is 4.50. The van der Waals surface area contributed by atoms with E-state index in [1.54, 1.807) is 0 Å². The first-order valence-corrected chi connectivity index (χ1v) is 8.08. The average Bonchev–Trinajstić information content (AvgIpc) is 3.03. The third kappa shape index (κ3) is 2.86. The minimum Gasteiger partial charge on any atom is -0.329 e. The Labute approximate surface area is 141 Å². The molecule has 0 N–H and O–H groups in total. The maximum absolute atomic E-state index is 12.7. The maximum Gasteiger partial charge on any atom is 0.223 e. The van der Waals surface area contributed by atoms with Gasteiger partial charge in [-0.15, -0.1) is 6.58 Å². The Morgan fingerprint density at radius 2 is 2.17 bits per heavy atom. The van der Waals surface area contributed by atoms with E-state index in [9.17, 15) is 4.79 Å². The Morgan fingerprint density at radius 3 is 2.79 bits per heavy atom. The lowest BCUT2D eigenvalue weighted by atomic mass is 9.89. The zero-order chi connectivity index (χ0) is 17.0. The highest BCUT2D eigenvalue weighted by molar-refractivity contribution is 5.80. The van der Waals surface area contributed by atoms with Crippen molar-refractivity contribution in [3.8, 4) is 0 Å². The molecule has 1 aromatic carbocycles. The van der Waals surface area contributed by atoms with E-state index in [-0.39, 0.29) is 17.9 Å². The lowest BCUT2D eigenvalue weighted by molar-refractivity contribution is -0.130. The molecule has 1 aromatic rings. The quantitative estimate of drug-likeness (QED) is 0.344. The molecule has 3 atom stereocenters. The molecular formula is C19H20N4O. The Hall–Kier alpha value is -2.78. The van der Waals surface area contributed by atoms with Gasteiger partial charge in [-0.05, 0) is 23.4 Å². The van der Waals surface area contributed by atoms with Gasteiger partial charge >= 0.3 is 0 Å². The molecule has 0 spiro atoms. The van der Waals surface area contributed by atoms with Crippen LogP contribution in [0.1, 0.15) is 24.4 Å². The first kappa shape index (κ1) is 16.1. The topological polar surface area (TPSA) is 69.1 Å². The fourth-order valence-corrected chi connectivity index (χ4v) is 3.58. The lowest BCUT2D eigenvalue weighted by Gasteiger charge is -2.38. The number of amides is 1. The molecule has 3 rings (SSSR count). The minimum absolute atomic E-state index is 0.0352. The van der Waals surface area contributed by atoms with Gasteiger partial charge in [-0.2, -0.15) is 0 Å². The summed E-state index contributed by atoms with van der Waals surface area (Å²) in [6, 6.07) is 9.31. The first-order chi connectivity index (χ1) is 11.7. The van der Waals surface area contributed by atoms with Crippen molar-refractivity contribution >= 4 is 5.91 Å². The first-order valence-electron chi connectivity index (χ1n) is 8.08. The van der Waals surface area contributed by atoms with Crippen molar-refractivity contribution in [2.75, 3.05) is 6.54 Å². The van der Waals surface area contributed by atoms with Crippen molar-refractivity contribution < 1.29 is 4.79 Å². The average molecular weight is 320 g/mol. The molecular weight excluding hydrogens is 300 g/mol. The molecule has 0 bridgehead atoms. The number of benzene rings is 1. The standard InChI is InChI=1S/C19H20N4O/c1-2-19(11-7-4-8-12-19)23-14-16(13-17(23)24)18(21-22-20)15-9-5-3-6-10-15/h2-11,16,18H,1,12-14H2/t16-,18?,19-/m1/s1. The van der Waals surface area contributed by atoms with Gasteiger partial charge in [0.15, 0.2) is 0 Å². The predicted molar refractivity (Wildman–Crippen MR) is 94.0 cm³/mol. The number of carbonyl (C=O) groups is 1. The Bertz CT molecular complexity index is 733. The fourth-order valence-electron chi connectivity index (χ4n) is 3.58. The molecule has 1 amide bonds. The largest absolute Gasteiger partial charge is 0.329 e. The van der Waals surface area contributed by atoms with Crippen LogP contribution in [0, 0.1) is 5.92 Å². The van der Waals surface area contributed by atoms with Crippen LogP contribution in [0.25, 0.3) is 10.4 Å². The van der Waals surface area contributed by atoms with Gasteiger partial charge < -0.3 is 4.90 Å². The van der Waals surface area contributed by atoms with Gasteiger partial charge in [0, 0.05) is 17.9 Å². The van der Waals surface area contributed by atoms with Crippen molar-refractivity contribution in [2.24, 2.45) is 11.0 Å². The second-order valence-electron chi connectivity index (χ2n) is 6.22. The number of likely N-dealkylation sites (tertiary alicyclic amines) is 1. The molecule has 5 nitrogen and oxygen atoms in total. The van der Waals surface area contributed by atoms with Crippen LogP contribution in [-0.4, -0.2) is 22.9 Å². The third-order valence-electron chi connectivity index (χ3n) is 4.85. The highest BCUT2D eigenvalue weighted by Gasteiger charge is 2.43. The molecule has 5 heteroatoms. The van der Waals surface area contributed by atoms with Crippen LogP contribution in [0.5, 0.6) is 0 Å². The monoisotopic (exact) mass is 320 g/mol. The van der Waals surface area contributed by atoms with Crippen molar-refractivity contribution in [3.05, 3.63) is 83.3 Å². The molecule has 2 aliphatic rings. The van der Waals surface area contributed by atoms with Crippen LogP contribution in [0.2, 0.25) is 0 Å². The van der Waals surface area contributed by atoms with E-state index < -0.39 is 5.54 Å². The Balaban J connectivity index is 1.88. The fraction of sp³-hybridized carbons (Fsp3) is 0.316. The molecule has 0 aromatic heterocycles. The highest BCUT2D eigenvalue weighted by Crippen LogP contribution is 2.39. The van der Waals surface area contributed by atoms with Crippen molar-refractivity contribution in [2.45, 2.75) is 24.4 Å². The van der Waals surface area contributed by atoms with E-state index >= 15 is 0 Å². The molecule has 1 saturated heterocycles. The molecule has 1 aliphatic heterocycles. The number of carbonyl (C=O) groups excluding carboxylic acids is 1. The second kappa shape index (κ2) is 6.77. The summed E-state index contributed by atoms with van der Waals surface area (Å²) in [6.07, 6.45) is 10.9. The summed E-state index contributed by atoms with van der Waals surface area (Å²) in [5.41, 5.74) is 9.43. The third-order valence-corrected chi connectivity index (χ3v) is 4.85. The van der Waals surface area contributed by atoms with E-state index in [0.29, 0.717) is 13.0 Å². The van der Waals surface area contributed by atoms with Gasteiger partial charge in [-0.1, -0.05) is 65.8 Å². The van der Waals surface area contributed by atoms with Crippen molar-refractivity contribution in [1.29, 1.82) is 0 Å². The SMILES string of the molecule is C=C[C@@]1(N2C[C@H](C(N=[N+]=[N-])c3ccccc3)CC2=O)C=CC=CC1. The number of azide groups is 1. The number of rotatable bonds is 5. The molecule has 0 saturated carbocycles. The Morgan fingerprint density at radius 1 is 1.38 bits per heavy atom. The summed E-state index contributed by atoms with van der Waals surface area (Å²) in [5, 5.41) is 3.98.